The van der Waals surface area contributed by atoms with Crippen LogP contribution in [-0.4, -0.2) is 53.6 Å². The molecule has 0 amide bonds. The number of likely N-dealkylation sites (tertiary alicyclic amines) is 1. The van der Waals surface area contributed by atoms with Gasteiger partial charge in [0, 0.05) is 38.5 Å². The van der Waals surface area contributed by atoms with Gasteiger partial charge in [-0.2, -0.15) is 0 Å². The Bertz CT molecular complexity index is 919. The van der Waals surface area contributed by atoms with Gasteiger partial charge in [-0.25, -0.2) is 4.98 Å². The average molecular weight is 406 g/mol. The van der Waals surface area contributed by atoms with Crippen LogP contribution in [0.1, 0.15) is 24.7 Å². The number of ether oxygens (including phenoxy) is 1. The lowest BCUT2D eigenvalue weighted by Crippen LogP contribution is -2.40. The third-order valence-electron chi connectivity index (χ3n) is 5.43. The van der Waals surface area contributed by atoms with Crippen LogP contribution >= 0.6 is 0 Å². The van der Waals surface area contributed by atoms with Gasteiger partial charge in [0.15, 0.2) is 5.96 Å². The van der Waals surface area contributed by atoms with Crippen LogP contribution in [0.4, 0.5) is 0 Å². The molecule has 0 radical (unpaired) electrons. The summed E-state index contributed by atoms with van der Waals surface area (Å²) >= 11 is 0. The van der Waals surface area contributed by atoms with Gasteiger partial charge >= 0.3 is 0 Å². The predicted molar refractivity (Wildman–Crippen MR) is 122 cm³/mol. The van der Waals surface area contributed by atoms with E-state index in [1.54, 1.807) is 0 Å². The smallest absolute Gasteiger partial charge is 0.193 e. The fraction of sp³-hybridized carbons (Fsp3) is 0.417. The van der Waals surface area contributed by atoms with E-state index in [1.165, 1.54) is 5.56 Å². The van der Waals surface area contributed by atoms with E-state index in [4.69, 9.17) is 9.73 Å². The van der Waals surface area contributed by atoms with Gasteiger partial charge in [-0.1, -0.05) is 42.5 Å². The maximum atomic E-state index is 5.96. The molecule has 0 spiro atoms. The number of para-hydroxylation sites is 2. The van der Waals surface area contributed by atoms with E-state index < -0.39 is 0 Å². The summed E-state index contributed by atoms with van der Waals surface area (Å²) in [5.41, 5.74) is 3.33. The second-order valence-corrected chi connectivity index (χ2v) is 7.79. The molecule has 1 aliphatic heterocycles. The summed E-state index contributed by atoms with van der Waals surface area (Å²) < 4.78 is 5.96. The summed E-state index contributed by atoms with van der Waals surface area (Å²) in [6.07, 6.45) is 1.95. The highest BCUT2D eigenvalue weighted by Gasteiger charge is 2.25. The zero-order valence-electron chi connectivity index (χ0n) is 17.7. The first-order valence-electron chi connectivity index (χ1n) is 10.9. The van der Waals surface area contributed by atoms with E-state index in [0.717, 1.165) is 61.9 Å². The van der Waals surface area contributed by atoms with Crippen molar-refractivity contribution in [3.8, 4) is 0 Å². The van der Waals surface area contributed by atoms with Crippen molar-refractivity contribution in [3.05, 3.63) is 66.0 Å². The summed E-state index contributed by atoms with van der Waals surface area (Å²) in [6.45, 7) is 7.20. The minimum atomic E-state index is 0.549. The Labute approximate surface area is 178 Å². The molecular formula is C24H31N5O. The molecular weight excluding hydrogens is 374 g/mol. The Morgan fingerprint density at radius 1 is 1.20 bits per heavy atom. The molecule has 1 aromatic heterocycles. The van der Waals surface area contributed by atoms with Gasteiger partial charge < -0.3 is 19.9 Å². The van der Waals surface area contributed by atoms with Crippen LogP contribution in [0.2, 0.25) is 0 Å². The second kappa shape index (κ2) is 10.3. The van der Waals surface area contributed by atoms with Crippen LogP contribution in [0.25, 0.3) is 11.0 Å². The summed E-state index contributed by atoms with van der Waals surface area (Å²) in [6, 6.07) is 18.5. The Morgan fingerprint density at radius 2 is 2.03 bits per heavy atom. The number of imidazole rings is 1. The number of aromatic nitrogens is 2. The third-order valence-corrected chi connectivity index (χ3v) is 5.43. The summed E-state index contributed by atoms with van der Waals surface area (Å²) in [7, 11) is 0. The lowest BCUT2D eigenvalue weighted by Gasteiger charge is -2.21. The van der Waals surface area contributed by atoms with E-state index in [0.29, 0.717) is 19.1 Å². The number of aromatic amines is 1. The first-order chi connectivity index (χ1) is 14.8. The van der Waals surface area contributed by atoms with Gasteiger partial charge in [-0.15, -0.1) is 0 Å². The molecule has 0 aliphatic carbocycles. The minimum Gasteiger partial charge on any atom is -0.376 e. The highest BCUT2D eigenvalue weighted by Crippen LogP contribution is 2.17. The Balaban J connectivity index is 1.26. The van der Waals surface area contributed by atoms with Gasteiger partial charge in [0.2, 0.25) is 0 Å². The maximum absolute atomic E-state index is 5.96. The van der Waals surface area contributed by atoms with Gasteiger partial charge in [-0.05, 0) is 31.0 Å². The van der Waals surface area contributed by atoms with Crippen molar-refractivity contribution in [1.82, 2.24) is 20.2 Å². The third kappa shape index (κ3) is 5.39. The molecule has 158 valence electrons. The van der Waals surface area contributed by atoms with Crippen LogP contribution < -0.4 is 5.32 Å². The van der Waals surface area contributed by atoms with Crippen LogP contribution in [0.3, 0.4) is 0 Å². The van der Waals surface area contributed by atoms with Crippen molar-refractivity contribution in [3.63, 3.8) is 0 Å². The number of fused-ring (bicyclic) bond motifs is 1. The van der Waals surface area contributed by atoms with Gasteiger partial charge in [0.05, 0.1) is 24.2 Å². The van der Waals surface area contributed by atoms with E-state index >= 15 is 0 Å². The molecule has 2 aromatic carbocycles. The lowest BCUT2D eigenvalue weighted by atomic mass is 10.1. The number of rotatable bonds is 8. The standard InChI is InChI=1S/C24H31N5O/c1-2-25-24(26-14-12-23-27-21-10-6-7-11-22(21)28-23)29-15-13-20(16-29)18-30-17-19-8-4-3-5-9-19/h3-11,20H,2,12-18H2,1H3,(H,25,26)(H,27,28). The summed E-state index contributed by atoms with van der Waals surface area (Å²) in [5, 5.41) is 3.44. The Kier molecular flexibility index (Phi) is 6.98. The molecule has 3 aromatic rings. The van der Waals surface area contributed by atoms with Crippen molar-refractivity contribution < 1.29 is 4.74 Å². The molecule has 2 heterocycles. The fourth-order valence-corrected chi connectivity index (χ4v) is 3.90. The number of hydrogen-bond donors (Lipinski definition) is 2. The number of nitrogens with one attached hydrogen (secondary N) is 2. The van der Waals surface area contributed by atoms with E-state index in [9.17, 15) is 0 Å². The van der Waals surface area contributed by atoms with Crippen LogP contribution in [0.15, 0.2) is 59.6 Å². The van der Waals surface area contributed by atoms with Gasteiger partial charge in [0.1, 0.15) is 5.82 Å². The SMILES string of the molecule is CCNC(=NCCc1nc2ccccc2[nH]1)N1CCC(COCc2ccccc2)C1. The van der Waals surface area contributed by atoms with E-state index in [-0.39, 0.29) is 0 Å². The molecule has 0 saturated carbocycles. The molecule has 6 heteroatoms. The van der Waals surface area contributed by atoms with Crippen molar-refractivity contribution in [2.75, 3.05) is 32.8 Å². The first-order valence-corrected chi connectivity index (χ1v) is 10.9. The summed E-state index contributed by atoms with van der Waals surface area (Å²) in [5.74, 6) is 2.54. The van der Waals surface area contributed by atoms with Gasteiger partial charge in [-0.3, -0.25) is 4.99 Å². The minimum absolute atomic E-state index is 0.549. The molecule has 1 saturated heterocycles. The van der Waals surface area contributed by atoms with Crippen LogP contribution in [-0.2, 0) is 17.8 Å². The van der Waals surface area contributed by atoms with E-state index in [2.05, 4.69) is 57.4 Å². The fourth-order valence-electron chi connectivity index (χ4n) is 3.90. The highest BCUT2D eigenvalue weighted by molar-refractivity contribution is 5.80. The number of H-pyrrole nitrogens is 1. The maximum Gasteiger partial charge on any atom is 0.193 e. The van der Waals surface area contributed by atoms with Gasteiger partial charge in [0.25, 0.3) is 0 Å². The number of benzene rings is 2. The molecule has 0 bridgehead atoms. The summed E-state index contributed by atoms with van der Waals surface area (Å²) in [4.78, 5) is 15.2. The predicted octanol–water partition coefficient (Wildman–Crippen LogP) is 3.61. The molecule has 2 N–H and O–H groups in total. The van der Waals surface area contributed by atoms with Crippen molar-refractivity contribution in [1.29, 1.82) is 0 Å². The lowest BCUT2D eigenvalue weighted by molar-refractivity contribution is 0.0907. The molecule has 1 atom stereocenters. The molecule has 6 nitrogen and oxygen atoms in total. The number of aliphatic imine (C=N–C) groups is 1. The van der Waals surface area contributed by atoms with Crippen LogP contribution in [0, 0.1) is 5.92 Å². The normalized spacial score (nSPS) is 17.0. The van der Waals surface area contributed by atoms with Crippen molar-refractivity contribution in [2.24, 2.45) is 10.9 Å². The monoisotopic (exact) mass is 405 g/mol. The molecule has 30 heavy (non-hydrogen) atoms. The molecule has 1 fully saturated rings. The average Bonchev–Trinajstić information content (AvgIpc) is 3.40. The van der Waals surface area contributed by atoms with E-state index in [1.807, 2.05) is 24.3 Å². The Morgan fingerprint density at radius 3 is 2.87 bits per heavy atom. The Hall–Kier alpha value is -2.86. The number of nitrogens with zero attached hydrogens (tertiary/aromatic N) is 3. The molecule has 1 aliphatic rings. The zero-order chi connectivity index (χ0) is 20.6. The van der Waals surface area contributed by atoms with Crippen molar-refractivity contribution in [2.45, 2.75) is 26.4 Å². The number of hydrogen-bond acceptors (Lipinski definition) is 3. The van der Waals surface area contributed by atoms with Crippen molar-refractivity contribution >= 4 is 17.0 Å². The highest BCUT2D eigenvalue weighted by atomic mass is 16.5. The largest absolute Gasteiger partial charge is 0.376 e. The second-order valence-electron chi connectivity index (χ2n) is 7.79. The number of guanidine groups is 1. The molecule has 1 unspecified atom stereocenters. The zero-order valence-corrected chi connectivity index (χ0v) is 17.7. The topological polar surface area (TPSA) is 65.5 Å². The quantitative estimate of drug-likeness (QED) is 0.444. The van der Waals surface area contributed by atoms with Crippen LogP contribution in [0.5, 0.6) is 0 Å². The first kappa shape index (κ1) is 20.4. The molecule has 4 rings (SSSR count).